The molecule has 0 amide bonds. The molecule has 0 aromatic heterocycles. The Morgan fingerprint density at radius 3 is 2.37 bits per heavy atom. The lowest BCUT2D eigenvalue weighted by atomic mass is 10.2. The topological polar surface area (TPSA) is 38.5 Å². The van der Waals surface area contributed by atoms with Crippen LogP contribution in [-0.2, 0) is 6.54 Å². The fourth-order valence-corrected chi connectivity index (χ4v) is 2.01. The van der Waals surface area contributed by atoms with Crippen LogP contribution >= 0.6 is 0 Å². The van der Waals surface area contributed by atoms with Crippen LogP contribution in [0.3, 0.4) is 0 Å². The number of ether oxygens (including phenoxy) is 1. The molecule has 0 atom stereocenters. The SMILES string of the molecule is CCOc1ccccc1N(C)c1ccc(CN)cc1. The number of hydrogen-bond donors (Lipinski definition) is 1. The molecule has 0 bridgehead atoms. The molecule has 3 heteroatoms. The van der Waals surface area contributed by atoms with Crippen LogP contribution in [0.25, 0.3) is 0 Å². The minimum atomic E-state index is 0.569. The summed E-state index contributed by atoms with van der Waals surface area (Å²) in [6.07, 6.45) is 0. The van der Waals surface area contributed by atoms with Crippen molar-refractivity contribution in [1.29, 1.82) is 0 Å². The Bertz CT molecular complexity index is 523. The first-order valence-corrected chi connectivity index (χ1v) is 6.50. The first kappa shape index (κ1) is 13.4. The average Bonchev–Trinajstić information content (AvgIpc) is 2.47. The Morgan fingerprint density at radius 1 is 1.05 bits per heavy atom. The summed E-state index contributed by atoms with van der Waals surface area (Å²) in [7, 11) is 2.04. The lowest BCUT2D eigenvalue weighted by Crippen LogP contribution is -2.11. The second-order valence-corrected chi connectivity index (χ2v) is 4.33. The summed E-state index contributed by atoms with van der Waals surface area (Å²) in [5, 5.41) is 0. The van der Waals surface area contributed by atoms with Gasteiger partial charge >= 0.3 is 0 Å². The number of rotatable bonds is 5. The van der Waals surface area contributed by atoms with Gasteiger partial charge in [-0.2, -0.15) is 0 Å². The van der Waals surface area contributed by atoms with E-state index in [1.54, 1.807) is 0 Å². The van der Waals surface area contributed by atoms with E-state index in [-0.39, 0.29) is 0 Å². The summed E-state index contributed by atoms with van der Waals surface area (Å²) >= 11 is 0. The summed E-state index contributed by atoms with van der Waals surface area (Å²) in [5.41, 5.74) is 8.93. The molecule has 100 valence electrons. The predicted molar refractivity (Wildman–Crippen MR) is 80.0 cm³/mol. The van der Waals surface area contributed by atoms with E-state index in [0.29, 0.717) is 13.2 Å². The van der Waals surface area contributed by atoms with Gasteiger partial charge in [-0.3, -0.25) is 0 Å². The lowest BCUT2D eigenvalue weighted by molar-refractivity contribution is 0.341. The zero-order valence-corrected chi connectivity index (χ0v) is 11.5. The maximum Gasteiger partial charge on any atom is 0.142 e. The number of nitrogens with zero attached hydrogens (tertiary/aromatic N) is 1. The minimum Gasteiger partial charge on any atom is -0.492 e. The predicted octanol–water partition coefficient (Wildman–Crippen LogP) is 3.31. The highest BCUT2D eigenvalue weighted by molar-refractivity contribution is 5.68. The van der Waals surface area contributed by atoms with Gasteiger partial charge in [0.1, 0.15) is 5.75 Å². The smallest absolute Gasteiger partial charge is 0.142 e. The molecule has 0 aliphatic heterocycles. The average molecular weight is 256 g/mol. The highest BCUT2D eigenvalue weighted by Gasteiger charge is 2.09. The molecule has 19 heavy (non-hydrogen) atoms. The van der Waals surface area contributed by atoms with Crippen LogP contribution in [0.2, 0.25) is 0 Å². The van der Waals surface area contributed by atoms with Gasteiger partial charge in [-0.1, -0.05) is 24.3 Å². The van der Waals surface area contributed by atoms with Crippen LogP contribution in [0.5, 0.6) is 5.75 Å². The molecule has 0 unspecified atom stereocenters. The van der Waals surface area contributed by atoms with Crippen LogP contribution in [0.4, 0.5) is 11.4 Å². The summed E-state index contributed by atoms with van der Waals surface area (Å²) in [5.74, 6) is 0.899. The van der Waals surface area contributed by atoms with E-state index in [1.165, 1.54) is 0 Å². The summed E-state index contributed by atoms with van der Waals surface area (Å²) in [4.78, 5) is 2.12. The first-order valence-electron chi connectivity index (χ1n) is 6.50. The maximum absolute atomic E-state index is 5.66. The number of benzene rings is 2. The van der Waals surface area contributed by atoms with Crippen molar-refractivity contribution in [2.75, 3.05) is 18.6 Å². The van der Waals surface area contributed by atoms with Crippen molar-refractivity contribution in [3.63, 3.8) is 0 Å². The van der Waals surface area contributed by atoms with E-state index in [1.807, 2.05) is 32.2 Å². The fraction of sp³-hybridized carbons (Fsp3) is 0.250. The van der Waals surface area contributed by atoms with Crippen molar-refractivity contribution in [3.8, 4) is 5.75 Å². The first-order chi connectivity index (χ1) is 9.26. The van der Waals surface area contributed by atoms with E-state index in [9.17, 15) is 0 Å². The molecule has 0 heterocycles. The van der Waals surface area contributed by atoms with Gasteiger partial charge in [0.25, 0.3) is 0 Å². The molecule has 3 nitrogen and oxygen atoms in total. The van der Waals surface area contributed by atoms with Crippen molar-refractivity contribution in [1.82, 2.24) is 0 Å². The minimum absolute atomic E-state index is 0.569. The number of anilines is 2. The lowest BCUT2D eigenvalue weighted by Gasteiger charge is -2.22. The molecular formula is C16H20N2O. The Kier molecular flexibility index (Phi) is 4.42. The van der Waals surface area contributed by atoms with E-state index in [0.717, 1.165) is 22.7 Å². The number of hydrogen-bond acceptors (Lipinski definition) is 3. The van der Waals surface area contributed by atoms with E-state index >= 15 is 0 Å². The molecule has 0 radical (unpaired) electrons. The van der Waals surface area contributed by atoms with E-state index < -0.39 is 0 Å². The molecule has 0 saturated carbocycles. The second-order valence-electron chi connectivity index (χ2n) is 4.33. The zero-order chi connectivity index (χ0) is 13.7. The Balaban J connectivity index is 2.29. The molecule has 0 saturated heterocycles. The largest absolute Gasteiger partial charge is 0.492 e. The third-order valence-electron chi connectivity index (χ3n) is 3.09. The Morgan fingerprint density at radius 2 is 1.74 bits per heavy atom. The van der Waals surface area contributed by atoms with Gasteiger partial charge in [-0.05, 0) is 36.8 Å². The summed E-state index contributed by atoms with van der Waals surface area (Å²) in [6.45, 7) is 3.23. The van der Waals surface area contributed by atoms with Gasteiger partial charge in [0.05, 0.1) is 12.3 Å². The van der Waals surface area contributed by atoms with Crippen molar-refractivity contribution in [2.24, 2.45) is 5.73 Å². The third-order valence-corrected chi connectivity index (χ3v) is 3.09. The standard InChI is InChI=1S/C16H20N2O/c1-3-19-16-7-5-4-6-15(16)18(2)14-10-8-13(12-17)9-11-14/h4-11H,3,12,17H2,1-2H3. The van der Waals surface area contributed by atoms with Crippen molar-refractivity contribution in [3.05, 3.63) is 54.1 Å². The molecular weight excluding hydrogens is 236 g/mol. The van der Waals surface area contributed by atoms with Crippen molar-refractivity contribution < 1.29 is 4.74 Å². The van der Waals surface area contributed by atoms with E-state index in [2.05, 4.69) is 35.2 Å². The summed E-state index contributed by atoms with van der Waals surface area (Å²) < 4.78 is 5.66. The molecule has 0 aliphatic rings. The highest BCUT2D eigenvalue weighted by atomic mass is 16.5. The molecule has 2 N–H and O–H groups in total. The third kappa shape index (κ3) is 3.06. The van der Waals surface area contributed by atoms with E-state index in [4.69, 9.17) is 10.5 Å². The van der Waals surface area contributed by atoms with Crippen LogP contribution in [0.1, 0.15) is 12.5 Å². The van der Waals surface area contributed by atoms with Crippen LogP contribution in [0.15, 0.2) is 48.5 Å². The highest BCUT2D eigenvalue weighted by Crippen LogP contribution is 2.32. The quantitative estimate of drug-likeness (QED) is 0.892. The monoisotopic (exact) mass is 256 g/mol. The van der Waals surface area contributed by atoms with Crippen molar-refractivity contribution >= 4 is 11.4 Å². The maximum atomic E-state index is 5.66. The van der Waals surface area contributed by atoms with Gasteiger partial charge in [-0.15, -0.1) is 0 Å². The number of para-hydroxylation sites is 2. The molecule has 0 aliphatic carbocycles. The normalized spacial score (nSPS) is 10.3. The summed E-state index contributed by atoms with van der Waals surface area (Å²) in [6, 6.07) is 16.3. The van der Waals surface area contributed by atoms with Gasteiger partial charge in [-0.25, -0.2) is 0 Å². The van der Waals surface area contributed by atoms with Crippen molar-refractivity contribution in [2.45, 2.75) is 13.5 Å². The van der Waals surface area contributed by atoms with Crippen LogP contribution in [0, 0.1) is 0 Å². The van der Waals surface area contributed by atoms with Gasteiger partial charge in [0.15, 0.2) is 0 Å². The van der Waals surface area contributed by atoms with Gasteiger partial charge in [0, 0.05) is 19.3 Å². The van der Waals surface area contributed by atoms with Crippen LogP contribution in [-0.4, -0.2) is 13.7 Å². The van der Waals surface area contributed by atoms with Crippen LogP contribution < -0.4 is 15.4 Å². The molecule has 2 aromatic carbocycles. The molecule has 2 aromatic rings. The second kappa shape index (κ2) is 6.25. The number of nitrogens with two attached hydrogens (primary N) is 1. The molecule has 0 fully saturated rings. The van der Waals surface area contributed by atoms with Gasteiger partial charge in [0.2, 0.25) is 0 Å². The zero-order valence-electron chi connectivity index (χ0n) is 11.5. The fourth-order valence-electron chi connectivity index (χ4n) is 2.01. The van der Waals surface area contributed by atoms with Gasteiger partial charge < -0.3 is 15.4 Å². The Labute approximate surface area is 114 Å². The molecule has 2 rings (SSSR count). The Hall–Kier alpha value is -2.00. The molecule has 0 spiro atoms.